The number of ether oxygens (including phenoxy) is 1. The van der Waals surface area contributed by atoms with E-state index in [2.05, 4.69) is 5.32 Å². The Morgan fingerprint density at radius 2 is 1.70 bits per heavy atom. The minimum absolute atomic E-state index is 0.266. The van der Waals surface area contributed by atoms with Crippen LogP contribution in [0.5, 0.6) is 0 Å². The summed E-state index contributed by atoms with van der Waals surface area (Å²) in [5, 5.41) is 14.0. The van der Waals surface area contributed by atoms with Crippen LogP contribution < -0.4 is 5.32 Å². The molecule has 0 unspecified atom stereocenters. The first-order valence-corrected chi connectivity index (χ1v) is 8.80. The van der Waals surface area contributed by atoms with E-state index in [0.29, 0.717) is 18.4 Å². The first-order chi connectivity index (χ1) is 11.1. The average molecular weight is 315 g/mol. The lowest BCUT2D eigenvalue weighted by molar-refractivity contribution is -0.169. The van der Waals surface area contributed by atoms with Gasteiger partial charge in [-0.2, -0.15) is 0 Å². The summed E-state index contributed by atoms with van der Waals surface area (Å²) in [6, 6.07) is 9.64. The Bertz CT molecular complexity index is 543. The van der Waals surface area contributed by atoms with E-state index >= 15 is 0 Å². The van der Waals surface area contributed by atoms with E-state index in [4.69, 9.17) is 4.74 Å². The molecule has 4 bridgehead atoms. The molecule has 0 atom stereocenters. The monoisotopic (exact) mass is 315 g/mol. The van der Waals surface area contributed by atoms with Gasteiger partial charge in [-0.3, -0.25) is 0 Å². The third kappa shape index (κ3) is 2.85. The maximum absolute atomic E-state index is 11.9. The summed E-state index contributed by atoms with van der Waals surface area (Å²) in [7, 11) is 0. The van der Waals surface area contributed by atoms with Crippen LogP contribution in [0, 0.1) is 23.7 Å². The number of hydrogen-bond donors (Lipinski definition) is 2. The van der Waals surface area contributed by atoms with Crippen molar-refractivity contribution >= 4 is 6.09 Å². The summed E-state index contributed by atoms with van der Waals surface area (Å²) in [5.41, 5.74) is 0.245. The minimum atomic E-state index is -0.723. The second kappa shape index (κ2) is 5.82. The molecule has 4 heteroatoms. The van der Waals surface area contributed by atoms with E-state index in [0.717, 1.165) is 43.1 Å². The Morgan fingerprint density at radius 3 is 2.30 bits per heavy atom. The molecule has 1 aromatic rings. The third-order valence-corrected chi connectivity index (χ3v) is 6.28. The SMILES string of the molecule is O=C(NCC1(O)C2CC3CC(C2)CC1C3)OCc1ccccc1. The number of alkyl carbamates (subject to hydrolysis) is 1. The normalized spacial score (nSPS) is 37.6. The number of hydrogen-bond acceptors (Lipinski definition) is 3. The maximum atomic E-state index is 11.9. The van der Waals surface area contributed by atoms with Crippen molar-refractivity contribution in [2.45, 2.75) is 44.3 Å². The molecule has 4 aliphatic rings. The summed E-state index contributed by atoms with van der Waals surface area (Å²) in [4.78, 5) is 11.9. The summed E-state index contributed by atoms with van der Waals surface area (Å²) in [6.07, 6.45) is 5.44. The molecule has 1 amide bonds. The van der Waals surface area contributed by atoms with Crippen LogP contribution in [0.4, 0.5) is 4.79 Å². The van der Waals surface area contributed by atoms with E-state index < -0.39 is 11.7 Å². The standard InChI is InChI=1S/C19H25NO3/c21-18(23-11-13-4-2-1-3-5-13)20-12-19(22)16-7-14-6-15(9-16)10-17(19)8-14/h1-5,14-17,22H,6-12H2,(H,20,21). The van der Waals surface area contributed by atoms with Gasteiger partial charge in [-0.15, -0.1) is 0 Å². The van der Waals surface area contributed by atoms with Crippen LogP contribution in [0.3, 0.4) is 0 Å². The van der Waals surface area contributed by atoms with E-state index in [1.54, 1.807) is 0 Å². The van der Waals surface area contributed by atoms with Crippen LogP contribution in [0.15, 0.2) is 30.3 Å². The van der Waals surface area contributed by atoms with Gasteiger partial charge in [-0.25, -0.2) is 4.79 Å². The Hall–Kier alpha value is -1.55. The lowest BCUT2D eigenvalue weighted by atomic mass is 9.50. The zero-order valence-corrected chi connectivity index (χ0v) is 13.4. The molecule has 23 heavy (non-hydrogen) atoms. The van der Waals surface area contributed by atoms with Crippen molar-refractivity contribution in [3.8, 4) is 0 Å². The molecule has 0 aromatic heterocycles. The van der Waals surface area contributed by atoms with Gasteiger partial charge in [0.15, 0.2) is 0 Å². The fourth-order valence-corrected chi connectivity index (χ4v) is 5.28. The van der Waals surface area contributed by atoms with Gasteiger partial charge in [0, 0.05) is 0 Å². The molecule has 0 radical (unpaired) electrons. The molecule has 4 nitrogen and oxygen atoms in total. The molecule has 1 aromatic carbocycles. The van der Waals surface area contributed by atoms with Crippen molar-refractivity contribution in [3.63, 3.8) is 0 Å². The minimum Gasteiger partial charge on any atom is -0.445 e. The van der Waals surface area contributed by atoms with E-state index in [-0.39, 0.29) is 6.61 Å². The van der Waals surface area contributed by atoms with Crippen molar-refractivity contribution in [2.75, 3.05) is 6.54 Å². The molecule has 0 saturated heterocycles. The van der Waals surface area contributed by atoms with E-state index in [1.807, 2.05) is 30.3 Å². The van der Waals surface area contributed by atoms with Gasteiger partial charge in [-0.05, 0) is 61.3 Å². The molecular formula is C19H25NO3. The van der Waals surface area contributed by atoms with Crippen molar-refractivity contribution < 1.29 is 14.6 Å². The maximum Gasteiger partial charge on any atom is 0.407 e. The van der Waals surface area contributed by atoms with Gasteiger partial charge in [0.2, 0.25) is 0 Å². The second-order valence-corrected chi connectivity index (χ2v) is 7.71. The largest absolute Gasteiger partial charge is 0.445 e. The quantitative estimate of drug-likeness (QED) is 0.897. The Balaban J connectivity index is 1.31. The molecule has 4 aliphatic carbocycles. The molecule has 4 saturated carbocycles. The van der Waals surface area contributed by atoms with Crippen LogP contribution >= 0.6 is 0 Å². The topological polar surface area (TPSA) is 58.6 Å². The lowest BCUT2D eigenvalue weighted by Crippen LogP contribution is -2.62. The Labute approximate surface area is 137 Å². The fourth-order valence-electron chi connectivity index (χ4n) is 5.28. The first kappa shape index (κ1) is 15.0. The van der Waals surface area contributed by atoms with E-state index in [1.165, 1.54) is 6.42 Å². The van der Waals surface area contributed by atoms with Crippen molar-refractivity contribution in [3.05, 3.63) is 35.9 Å². The van der Waals surface area contributed by atoms with Gasteiger partial charge in [0.1, 0.15) is 6.61 Å². The number of carbonyl (C=O) groups is 1. The highest BCUT2D eigenvalue weighted by molar-refractivity contribution is 5.67. The molecule has 0 spiro atoms. The average Bonchev–Trinajstić information content (AvgIpc) is 2.56. The number of benzene rings is 1. The molecule has 5 rings (SSSR count). The zero-order valence-electron chi connectivity index (χ0n) is 13.4. The smallest absolute Gasteiger partial charge is 0.407 e. The number of nitrogens with one attached hydrogen (secondary N) is 1. The summed E-state index contributed by atoms with van der Waals surface area (Å²) >= 11 is 0. The number of aliphatic hydroxyl groups is 1. The van der Waals surface area contributed by atoms with E-state index in [9.17, 15) is 9.90 Å². The van der Waals surface area contributed by atoms with Crippen LogP contribution in [0.2, 0.25) is 0 Å². The highest BCUT2D eigenvalue weighted by Crippen LogP contribution is 2.58. The summed E-state index contributed by atoms with van der Waals surface area (Å²) < 4.78 is 5.26. The Kier molecular flexibility index (Phi) is 3.80. The third-order valence-electron chi connectivity index (χ3n) is 6.28. The second-order valence-electron chi connectivity index (χ2n) is 7.71. The van der Waals surface area contributed by atoms with Crippen molar-refractivity contribution in [1.29, 1.82) is 0 Å². The number of amides is 1. The van der Waals surface area contributed by atoms with Crippen LogP contribution in [0.1, 0.15) is 37.7 Å². The number of rotatable bonds is 4. The molecule has 2 N–H and O–H groups in total. The van der Waals surface area contributed by atoms with Crippen LogP contribution in [-0.4, -0.2) is 23.3 Å². The van der Waals surface area contributed by atoms with Gasteiger partial charge >= 0.3 is 6.09 Å². The van der Waals surface area contributed by atoms with Gasteiger partial charge in [0.25, 0.3) is 0 Å². The van der Waals surface area contributed by atoms with Gasteiger partial charge < -0.3 is 15.2 Å². The summed E-state index contributed by atoms with van der Waals surface area (Å²) in [6.45, 7) is 0.595. The highest BCUT2D eigenvalue weighted by atomic mass is 16.5. The first-order valence-electron chi connectivity index (χ1n) is 8.80. The Morgan fingerprint density at radius 1 is 1.09 bits per heavy atom. The van der Waals surface area contributed by atoms with Crippen LogP contribution in [0.25, 0.3) is 0 Å². The van der Waals surface area contributed by atoms with Gasteiger partial charge in [0.05, 0.1) is 12.1 Å². The molecular weight excluding hydrogens is 290 g/mol. The predicted molar refractivity (Wildman–Crippen MR) is 86.6 cm³/mol. The highest BCUT2D eigenvalue weighted by Gasteiger charge is 2.56. The molecule has 0 heterocycles. The molecule has 0 aliphatic heterocycles. The zero-order chi connectivity index (χ0) is 15.9. The van der Waals surface area contributed by atoms with Crippen molar-refractivity contribution in [1.82, 2.24) is 5.32 Å². The summed E-state index contributed by atoms with van der Waals surface area (Å²) in [5.74, 6) is 2.33. The predicted octanol–water partition coefficient (Wildman–Crippen LogP) is 3.10. The lowest BCUT2D eigenvalue weighted by Gasteiger charge is -2.58. The molecule has 124 valence electrons. The van der Waals surface area contributed by atoms with Crippen molar-refractivity contribution in [2.24, 2.45) is 23.7 Å². The van der Waals surface area contributed by atoms with Gasteiger partial charge in [-0.1, -0.05) is 30.3 Å². The van der Waals surface area contributed by atoms with Crippen LogP contribution in [-0.2, 0) is 11.3 Å². The molecule has 4 fully saturated rings. The number of carbonyl (C=O) groups excluding carboxylic acids is 1. The fraction of sp³-hybridized carbons (Fsp3) is 0.632.